The quantitative estimate of drug-likeness (QED) is 0.775. The lowest BCUT2D eigenvalue weighted by Crippen LogP contribution is -2.59. The SMILES string of the molecule is C[C@@H]1CCNC(=O)[C@H]1NC(=O)N1CCSC2(CCCCC2)C1. The monoisotopic (exact) mass is 325 g/mol. The van der Waals surface area contributed by atoms with Crippen molar-refractivity contribution in [2.24, 2.45) is 5.92 Å². The molecular weight excluding hydrogens is 298 g/mol. The van der Waals surface area contributed by atoms with Crippen LogP contribution in [0.25, 0.3) is 0 Å². The molecule has 0 bridgehead atoms. The summed E-state index contributed by atoms with van der Waals surface area (Å²) in [6.07, 6.45) is 7.27. The van der Waals surface area contributed by atoms with Crippen LogP contribution in [0.4, 0.5) is 4.79 Å². The van der Waals surface area contributed by atoms with Crippen molar-refractivity contribution in [3.8, 4) is 0 Å². The van der Waals surface area contributed by atoms with E-state index in [9.17, 15) is 9.59 Å². The number of rotatable bonds is 1. The second-order valence-electron chi connectivity index (χ2n) is 7.00. The Balaban J connectivity index is 1.60. The van der Waals surface area contributed by atoms with E-state index < -0.39 is 0 Å². The molecule has 2 saturated heterocycles. The van der Waals surface area contributed by atoms with Gasteiger partial charge in [0.25, 0.3) is 0 Å². The van der Waals surface area contributed by atoms with Gasteiger partial charge in [0, 0.05) is 30.1 Å². The molecule has 2 heterocycles. The van der Waals surface area contributed by atoms with Crippen molar-refractivity contribution in [1.29, 1.82) is 0 Å². The second-order valence-corrected chi connectivity index (χ2v) is 8.56. The average Bonchev–Trinajstić information content (AvgIpc) is 2.52. The van der Waals surface area contributed by atoms with Crippen molar-refractivity contribution >= 4 is 23.7 Å². The van der Waals surface area contributed by atoms with Gasteiger partial charge in [0.15, 0.2) is 0 Å². The lowest BCUT2D eigenvalue weighted by atomic mass is 9.87. The highest BCUT2D eigenvalue weighted by atomic mass is 32.2. The van der Waals surface area contributed by atoms with Gasteiger partial charge in [-0.15, -0.1) is 0 Å². The van der Waals surface area contributed by atoms with Gasteiger partial charge in [-0.05, 0) is 25.2 Å². The Morgan fingerprint density at radius 3 is 2.86 bits per heavy atom. The van der Waals surface area contributed by atoms with E-state index in [1.165, 1.54) is 32.1 Å². The van der Waals surface area contributed by atoms with Crippen molar-refractivity contribution < 1.29 is 9.59 Å². The highest BCUT2D eigenvalue weighted by Crippen LogP contribution is 2.42. The molecule has 2 aliphatic heterocycles. The maximum atomic E-state index is 12.6. The fourth-order valence-corrected chi connectivity index (χ4v) is 5.48. The summed E-state index contributed by atoms with van der Waals surface area (Å²) in [4.78, 5) is 26.5. The fraction of sp³-hybridized carbons (Fsp3) is 0.875. The molecule has 2 atom stereocenters. The van der Waals surface area contributed by atoms with Crippen LogP contribution in [-0.2, 0) is 4.79 Å². The Hall–Kier alpha value is -0.910. The van der Waals surface area contributed by atoms with Gasteiger partial charge in [0.05, 0.1) is 0 Å². The molecule has 3 rings (SSSR count). The molecule has 0 aromatic carbocycles. The molecule has 1 saturated carbocycles. The minimum Gasteiger partial charge on any atom is -0.354 e. The zero-order valence-corrected chi connectivity index (χ0v) is 14.2. The predicted octanol–water partition coefficient (Wildman–Crippen LogP) is 1.97. The lowest BCUT2D eigenvalue weighted by Gasteiger charge is -2.45. The molecular formula is C16H27N3O2S. The molecule has 0 radical (unpaired) electrons. The first-order chi connectivity index (χ1) is 10.6. The molecule has 1 spiro atoms. The molecule has 0 unspecified atom stereocenters. The molecule has 1 aliphatic carbocycles. The van der Waals surface area contributed by atoms with Crippen LogP contribution >= 0.6 is 11.8 Å². The van der Waals surface area contributed by atoms with Crippen molar-refractivity contribution in [3.63, 3.8) is 0 Å². The van der Waals surface area contributed by atoms with Gasteiger partial charge in [-0.25, -0.2) is 4.79 Å². The highest BCUT2D eigenvalue weighted by molar-refractivity contribution is 8.00. The number of carbonyl (C=O) groups excluding carboxylic acids is 2. The molecule has 3 fully saturated rings. The Morgan fingerprint density at radius 1 is 1.36 bits per heavy atom. The largest absolute Gasteiger partial charge is 0.354 e. The van der Waals surface area contributed by atoms with Crippen molar-refractivity contribution in [2.75, 3.05) is 25.4 Å². The van der Waals surface area contributed by atoms with E-state index in [0.29, 0.717) is 0 Å². The van der Waals surface area contributed by atoms with Gasteiger partial charge in [0.2, 0.25) is 5.91 Å². The van der Waals surface area contributed by atoms with Gasteiger partial charge in [-0.1, -0.05) is 26.2 Å². The van der Waals surface area contributed by atoms with Gasteiger partial charge >= 0.3 is 6.03 Å². The van der Waals surface area contributed by atoms with Crippen LogP contribution in [-0.4, -0.2) is 53.0 Å². The lowest BCUT2D eigenvalue weighted by molar-refractivity contribution is -0.125. The number of nitrogens with zero attached hydrogens (tertiary/aromatic N) is 1. The normalized spacial score (nSPS) is 31.7. The smallest absolute Gasteiger partial charge is 0.318 e. The Morgan fingerprint density at radius 2 is 2.14 bits per heavy atom. The van der Waals surface area contributed by atoms with E-state index in [-0.39, 0.29) is 28.6 Å². The third kappa shape index (κ3) is 3.36. The Labute approximate surface area is 137 Å². The molecule has 0 aromatic heterocycles. The number of thioether (sulfide) groups is 1. The third-order valence-corrected chi connectivity index (χ3v) is 6.87. The van der Waals surface area contributed by atoms with Crippen LogP contribution in [0.3, 0.4) is 0 Å². The van der Waals surface area contributed by atoms with E-state index in [1.807, 2.05) is 11.8 Å². The van der Waals surface area contributed by atoms with Crippen LogP contribution in [0.15, 0.2) is 0 Å². The molecule has 3 amide bonds. The maximum Gasteiger partial charge on any atom is 0.318 e. The zero-order valence-electron chi connectivity index (χ0n) is 13.4. The minimum absolute atomic E-state index is 0.0362. The van der Waals surface area contributed by atoms with Crippen LogP contribution in [0.5, 0.6) is 0 Å². The first kappa shape index (κ1) is 16.0. The second kappa shape index (κ2) is 6.69. The van der Waals surface area contributed by atoms with E-state index in [0.717, 1.165) is 31.8 Å². The van der Waals surface area contributed by atoms with Crippen molar-refractivity contribution in [1.82, 2.24) is 15.5 Å². The molecule has 0 aromatic rings. The van der Waals surface area contributed by atoms with Crippen LogP contribution in [0.2, 0.25) is 0 Å². The maximum absolute atomic E-state index is 12.6. The summed E-state index contributed by atoms with van der Waals surface area (Å²) in [7, 11) is 0. The Kier molecular flexibility index (Phi) is 4.85. The summed E-state index contributed by atoms with van der Waals surface area (Å²) in [6, 6.07) is -0.433. The van der Waals surface area contributed by atoms with E-state index in [4.69, 9.17) is 0 Å². The summed E-state index contributed by atoms with van der Waals surface area (Å²) in [5.74, 6) is 1.19. The van der Waals surface area contributed by atoms with Crippen molar-refractivity contribution in [3.05, 3.63) is 0 Å². The van der Waals surface area contributed by atoms with Crippen LogP contribution in [0, 0.1) is 5.92 Å². The summed E-state index contributed by atoms with van der Waals surface area (Å²) >= 11 is 2.05. The number of hydrogen-bond acceptors (Lipinski definition) is 3. The predicted molar refractivity (Wildman–Crippen MR) is 89.0 cm³/mol. The number of hydrogen-bond donors (Lipinski definition) is 2. The summed E-state index contributed by atoms with van der Waals surface area (Å²) < 4.78 is 0.272. The highest BCUT2D eigenvalue weighted by Gasteiger charge is 2.40. The molecule has 22 heavy (non-hydrogen) atoms. The fourth-order valence-electron chi connectivity index (χ4n) is 3.91. The number of amides is 3. The van der Waals surface area contributed by atoms with Crippen molar-refractivity contribution in [2.45, 2.75) is 56.2 Å². The summed E-state index contributed by atoms with van der Waals surface area (Å²) in [6.45, 7) is 4.39. The van der Waals surface area contributed by atoms with E-state index in [1.54, 1.807) is 0 Å². The average molecular weight is 325 g/mol. The van der Waals surface area contributed by atoms with E-state index >= 15 is 0 Å². The first-order valence-corrected chi connectivity index (χ1v) is 9.55. The number of carbonyl (C=O) groups is 2. The summed E-state index contributed by atoms with van der Waals surface area (Å²) in [5.41, 5.74) is 0. The molecule has 6 heteroatoms. The molecule has 124 valence electrons. The number of urea groups is 1. The summed E-state index contributed by atoms with van der Waals surface area (Å²) in [5, 5.41) is 5.83. The first-order valence-electron chi connectivity index (χ1n) is 8.57. The van der Waals surface area contributed by atoms with Gasteiger partial charge < -0.3 is 15.5 Å². The van der Waals surface area contributed by atoms with E-state index in [2.05, 4.69) is 22.4 Å². The van der Waals surface area contributed by atoms with Gasteiger partial charge in [-0.3, -0.25) is 4.79 Å². The minimum atomic E-state index is -0.377. The Bertz CT molecular complexity index is 432. The number of piperidine rings is 1. The third-order valence-electron chi connectivity index (χ3n) is 5.33. The van der Waals surface area contributed by atoms with Gasteiger partial charge in [-0.2, -0.15) is 11.8 Å². The molecule has 5 nitrogen and oxygen atoms in total. The molecule has 2 N–H and O–H groups in total. The van der Waals surface area contributed by atoms with Crippen LogP contribution < -0.4 is 10.6 Å². The van der Waals surface area contributed by atoms with Gasteiger partial charge in [0.1, 0.15) is 6.04 Å². The topological polar surface area (TPSA) is 61.4 Å². The standard InChI is InChI=1S/C16H27N3O2S/c1-12-5-8-17-14(20)13(12)18-15(21)19-9-10-22-16(11-19)6-3-2-4-7-16/h12-13H,2-11H2,1H3,(H,17,20)(H,18,21)/t12-,13+/m1/s1. The molecule has 3 aliphatic rings. The zero-order chi connectivity index (χ0) is 15.6. The van der Waals surface area contributed by atoms with Crippen LogP contribution in [0.1, 0.15) is 45.4 Å². The number of nitrogens with one attached hydrogen (secondary N) is 2.